The van der Waals surface area contributed by atoms with E-state index in [1.165, 1.54) is 18.4 Å². The molecular weight excluding hydrogens is 388 g/mol. The lowest BCUT2D eigenvalue weighted by molar-refractivity contribution is -0.121. The van der Waals surface area contributed by atoms with Gasteiger partial charge in [0.05, 0.1) is 17.1 Å². The Morgan fingerprint density at radius 2 is 1.84 bits per heavy atom. The number of pyridine rings is 1. The zero-order valence-electron chi connectivity index (χ0n) is 18.1. The average molecular weight is 415 g/mol. The van der Waals surface area contributed by atoms with Gasteiger partial charge in [-0.05, 0) is 63.3 Å². The Morgan fingerprint density at radius 1 is 1.06 bits per heavy atom. The van der Waals surface area contributed by atoms with Gasteiger partial charge in [0.2, 0.25) is 5.91 Å². The van der Waals surface area contributed by atoms with Gasteiger partial charge in [-0.3, -0.25) is 4.79 Å². The molecule has 158 valence electrons. The third-order valence-corrected chi connectivity index (χ3v) is 6.06. The van der Waals surface area contributed by atoms with Crippen LogP contribution in [0.3, 0.4) is 0 Å². The van der Waals surface area contributed by atoms with E-state index in [-0.39, 0.29) is 12.5 Å². The zero-order chi connectivity index (χ0) is 21.5. The number of rotatable bonds is 6. The molecule has 1 aliphatic carbocycles. The minimum atomic E-state index is -0.0886. The van der Waals surface area contributed by atoms with Crippen molar-refractivity contribution in [3.63, 3.8) is 0 Å². The Kier molecular flexibility index (Phi) is 4.81. The predicted octanol–water partition coefficient (Wildman–Crippen LogP) is 3.74. The summed E-state index contributed by atoms with van der Waals surface area (Å²) in [6, 6.07) is 12.1. The van der Waals surface area contributed by atoms with Crippen molar-refractivity contribution >= 4 is 16.9 Å². The summed E-state index contributed by atoms with van der Waals surface area (Å²) in [5, 5.41) is 13.4. The Hall–Kier alpha value is -3.48. The first-order chi connectivity index (χ1) is 15.0. The van der Waals surface area contributed by atoms with E-state index in [0.29, 0.717) is 12.5 Å². The fourth-order valence-electron chi connectivity index (χ4n) is 4.29. The third-order valence-electron chi connectivity index (χ3n) is 6.06. The molecule has 7 heteroatoms. The van der Waals surface area contributed by atoms with E-state index in [1.54, 1.807) is 4.68 Å². The Bertz CT molecular complexity index is 1270. The molecule has 0 spiro atoms. The molecule has 3 aromatic heterocycles. The first-order valence-corrected chi connectivity index (χ1v) is 10.7. The average Bonchev–Trinajstić information content (AvgIpc) is 3.52. The highest BCUT2D eigenvalue weighted by Gasteiger charge is 2.27. The van der Waals surface area contributed by atoms with Gasteiger partial charge in [-0.15, -0.1) is 0 Å². The van der Waals surface area contributed by atoms with Crippen molar-refractivity contribution in [3.05, 3.63) is 70.8 Å². The number of amides is 1. The van der Waals surface area contributed by atoms with Gasteiger partial charge in [0.1, 0.15) is 6.54 Å². The maximum absolute atomic E-state index is 12.7. The van der Waals surface area contributed by atoms with E-state index in [2.05, 4.69) is 26.6 Å². The first-order valence-electron chi connectivity index (χ1n) is 10.7. The molecule has 4 aromatic rings. The largest absolute Gasteiger partial charge is 0.350 e. The molecule has 0 saturated heterocycles. The van der Waals surface area contributed by atoms with Crippen LogP contribution in [-0.4, -0.2) is 30.5 Å². The van der Waals surface area contributed by atoms with Crippen LogP contribution < -0.4 is 5.32 Å². The summed E-state index contributed by atoms with van der Waals surface area (Å²) in [7, 11) is 0. The number of aryl methyl sites for hydroxylation is 2. The summed E-state index contributed by atoms with van der Waals surface area (Å²) in [5.41, 5.74) is 7.03. The lowest BCUT2D eigenvalue weighted by Crippen LogP contribution is -2.28. The maximum atomic E-state index is 12.7. The van der Waals surface area contributed by atoms with Gasteiger partial charge in [-0.25, -0.2) is 14.3 Å². The molecule has 1 N–H and O–H groups in total. The molecule has 0 unspecified atom stereocenters. The minimum Gasteiger partial charge on any atom is -0.350 e. The number of nitrogens with one attached hydrogen (secondary N) is 1. The van der Waals surface area contributed by atoms with Crippen molar-refractivity contribution in [1.29, 1.82) is 0 Å². The molecule has 7 nitrogen and oxygen atoms in total. The number of aromatic nitrogens is 5. The highest BCUT2D eigenvalue weighted by Crippen LogP contribution is 2.43. The molecule has 31 heavy (non-hydrogen) atoms. The highest BCUT2D eigenvalue weighted by atomic mass is 16.2. The number of hydrogen-bond acceptors (Lipinski definition) is 4. The van der Waals surface area contributed by atoms with Gasteiger partial charge in [-0.1, -0.05) is 18.2 Å². The van der Waals surface area contributed by atoms with Crippen LogP contribution in [0.25, 0.3) is 16.7 Å². The van der Waals surface area contributed by atoms with Crippen molar-refractivity contribution in [2.75, 3.05) is 0 Å². The Balaban J connectivity index is 1.32. The molecule has 3 heterocycles. The van der Waals surface area contributed by atoms with Crippen LogP contribution in [0.5, 0.6) is 0 Å². The smallest absolute Gasteiger partial charge is 0.242 e. The summed E-state index contributed by atoms with van der Waals surface area (Å²) in [6.07, 6.45) is 4.27. The van der Waals surface area contributed by atoms with E-state index in [0.717, 1.165) is 39.4 Å². The second kappa shape index (κ2) is 7.65. The zero-order valence-corrected chi connectivity index (χ0v) is 18.1. The van der Waals surface area contributed by atoms with E-state index >= 15 is 0 Å². The summed E-state index contributed by atoms with van der Waals surface area (Å²) >= 11 is 0. The molecule has 1 fully saturated rings. The van der Waals surface area contributed by atoms with Crippen LogP contribution in [0.1, 0.15) is 47.0 Å². The Labute approximate surface area is 181 Å². The quantitative estimate of drug-likeness (QED) is 0.521. The molecular formula is C24H26N6O. The van der Waals surface area contributed by atoms with Gasteiger partial charge in [0, 0.05) is 29.4 Å². The second-order valence-corrected chi connectivity index (χ2v) is 8.29. The SMILES string of the molecule is Cc1nn(-c2ccccc2)c(C)c1CNC(=O)Cn1nc(C)c2c(C3CC3)ccnc21. The van der Waals surface area contributed by atoms with Gasteiger partial charge in [-0.2, -0.15) is 10.2 Å². The lowest BCUT2D eigenvalue weighted by atomic mass is 10.1. The second-order valence-electron chi connectivity index (χ2n) is 8.29. The molecule has 0 bridgehead atoms. The molecule has 1 amide bonds. The monoisotopic (exact) mass is 414 g/mol. The van der Waals surface area contributed by atoms with Gasteiger partial charge in [0.15, 0.2) is 5.65 Å². The molecule has 1 aromatic carbocycles. The molecule has 5 rings (SSSR count). The lowest BCUT2D eigenvalue weighted by Gasteiger charge is -2.08. The summed E-state index contributed by atoms with van der Waals surface area (Å²) < 4.78 is 3.64. The number of fused-ring (bicyclic) bond motifs is 1. The van der Waals surface area contributed by atoms with E-state index in [9.17, 15) is 4.79 Å². The third kappa shape index (κ3) is 3.60. The number of carbonyl (C=O) groups excluding carboxylic acids is 1. The Morgan fingerprint density at radius 3 is 2.58 bits per heavy atom. The fraction of sp³-hybridized carbons (Fsp3) is 0.333. The van der Waals surface area contributed by atoms with Crippen molar-refractivity contribution in [3.8, 4) is 5.69 Å². The molecule has 0 atom stereocenters. The van der Waals surface area contributed by atoms with Gasteiger partial charge < -0.3 is 5.32 Å². The predicted molar refractivity (Wildman–Crippen MR) is 119 cm³/mol. The van der Waals surface area contributed by atoms with Crippen LogP contribution in [0.4, 0.5) is 0 Å². The van der Waals surface area contributed by atoms with Crippen LogP contribution in [-0.2, 0) is 17.9 Å². The number of nitrogens with zero attached hydrogens (tertiary/aromatic N) is 5. The number of carbonyl (C=O) groups is 1. The van der Waals surface area contributed by atoms with E-state index in [4.69, 9.17) is 0 Å². The minimum absolute atomic E-state index is 0.0886. The first kappa shape index (κ1) is 19.5. The van der Waals surface area contributed by atoms with E-state index in [1.807, 2.05) is 62.0 Å². The topological polar surface area (TPSA) is 77.6 Å². The standard InChI is InChI=1S/C24H26N6O/c1-15-21(17(3)30(28-15)19-7-5-4-6-8-19)13-26-22(31)14-29-24-23(16(2)27-29)20(11-12-25-24)18-9-10-18/h4-8,11-12,18H,9-10,13-14H2,1-3H3,(H,26,31). The maximum Gasteiger partial charge on any atom is 0.242 e. The van der Waals surface area contributed by atoms with Crippen molar-refractivity contribution < 1.29 is 4.79 Å². The fourth-order valence-corrected chi connectivity index (χ4v) is 4.29. The van der Waals surface area contributed by atoms with Crippen LogP contribution in [0, 0.1) is 20.8 Å². The van der Waals surface area contributed by atoms with Crippen molar-refractivity contribution in [2.45, 2.75) is 52.6 Å². The number of hydrogen-bond donors (Lipinski definition) is 1. The molecule has 1 aliphatic rings. The summed E-state index contributed by atoms with van der Waals surface area (Å²) in [6.45, 7) is 6.58. The normalized spacial score (nSPS) is 13.6. The van der Waals surface area contributed by atoms with Gasteiger partial charge in [0.25, 0.3) is 0 Å². The number of para-hydroxylation sites is 1. The van der Waals surface area contributed by atoms with Gasteiger partial charge >= 0.3 is 0 Å². The number of benzene rings is 1. The van der Waals surface area contributed by atoms with Crippen LogP contribution in [0.2, 0.25) is 0 Å². The summed E-state index contributed by atoms with van der Waals surface area (Å²) in [5.74, 6) is 0.525. The van der Waals surface area contributed by atoms with Crippen LogP contribution >= 0.6 is 0 Å². The van der Waals surface area contributed by atoms with Crippen molar-refractivity contribution in [1.82, 2.24) is 29.9 Å². The molecule has 0 radical (unpaired) electrons. The molecule has 1 saturated carbocycles. The molecule has 0 aliphatic heterocycles. The van der Waals surface area contributed by atoms with E-state index < -0.39 is 0 Å². The van der Waals surface area contributed by atoms with Crippen LogP contribution in [0.15, 0.2) is 42.6 Å². The highest BCUT2D eigenvalue weighted by molar-refractivity contribution is 5.85. The van der Waals surface area contributed by atoms with Crippen molar-refractivity contribution in [2.24, 2.45) is 0 Å². The summed E-state index contributed by atoms with van der Waals surface area (Å²) in [4.78, 5) is 17.3.